The van der Waals surface area contributed by atoms with Crippen molar-refractivity contribution in [2.45, 2.75) is 18.6 Å². The van der Waals surface area contributed by atoms with Crippen LogP contribution < -0.4 is 5.32 Å². The number of rotatable bonds is 2. The smallest absolute Gasteiger partial charge is 0.253 e. The van der Waals surface area contributed by atoms with Crippen molar-refractivity contribution in [1.82, 2.24) is 10.2 Å². The summed E-state index contributed by atoms with van der Waals surface area (Å²) in [6, 6.07) is 0. The number of carbonyl (C=O) groups excluding carboxylic acids is 1. The quantitative estimate of drug-likeness (QED) is 0.728. The Morgan fingerprint density at radius 2 is 2.38 bits per heavy atom. The van der Waals surface area contributed by atoms with Gasteiger partial charge < -0.3 is 19.7 Å². The van der Waals surface area contributed by atoms with Crippen LogP contribution in [0.1, 0.15) is 6.42 Å². The van der Waals surface area contributed by atoms with Crippen molar-refractivity contribution in [2.75, 3.05) is 39.9 Å². The summed E-state index contributed by atoms with van der Waals surface area (Å²) >= 11 is 0. The molecule has 0 saturated carbocycles. The zero-order valence-corrected chi connectivity index (χ0v) is 10.3. The first-order valence-electron chi connectivity index (χ1n) is 5.45. The van der Waals surface area contributed by atoms with Gasteiger partial charge in [0, 0.05) is 33.3 Å². The maximum absolute atomic E-state index is 12.0. The summed E-state index contributed by atoms with van der Waals surface area (Å²) in [4.78, 5) is 13.8. The normalized spacial score (nSPS) is 29.9. The van der Waals surface area contributed by atoms with E-state index in [-0.39, 0.29) is 30.5 Å². The summed E-state index contributed by atoms with van der Waals surface area (Å²) in [5, 5.41) is 3.16. The number of carbonyl (C=O) groups is 1. The summed E-state index contributed by atoms with van der Waals surface area (Å²) in [5.41, 5.74) is 0. The third-order valence-electron chi connectivity index (χ3n) is 2.99. The predicted molar refractivity (Wildman–Crippen MR) is 61.9 cm³/mol. The molecule has 0 aliphatic carbocycles. The molecule has 2 aliphatic heterocycles. The van der Waals surface area contributed by atoms with Crippen LogP contribution in [0.3, 0.4) is 0 Å². The molecule has 0 bridgehead atoms. The number of nitrogens with zero attached hydrogens (tertiary/aromatic N) is 1. The second-order valence-corrected chi connectivity index (χ2v) is 3.99. The minimum absolute atomic E-state index is 0. The lowest BCUT2D eigenvalue weighted by molar-refractivity contribution is -0.144. The lowest BCUT2D eigenvalue weighted by Crippen LogP contribution is -2.49. The Kier molecular flexibility index (Phi) is 5.48. The van der Waals surface area contributed by atoms with Gasteiger partial charge in [-0.15, -0.1) is 12.4 Å². The van der Waals surface area contributed by atoms with E-state index < -0.39 is 0 Å². The third kappa shape index (κ3) is 3.07. The number of hydrogen-bond acceptors (Lipinski definition) is 4. The highest BCUT2D eigenvalue weighted by molar-refractivity contribution is 5.85. The molecule has 0 unspecified atom stereocenters. The van der Waals surface area contributed by atoms with Gasteiger partial charge in [-0.2, -0.15) is 0 Å². The Balaban J connectivity index is 0.00000128. The second-order valence-electron chi connectivity index (χ2n) is 3.99. The van der Waals surface area contributed by atoms with Gasteiger partial charge in [0.1, 0.15) is 6.10 Å². The highest BCUT2D eigenvalue weighted by Gasteiger charge is 2.32. The van der Waals surface area contributed by atoms with E-state index in [1.807, 2.05) is 4.90 Å². The molecule has 2 rings (SSSR count). The fourth-order valence-electron chi connectivity index (χ4n) is 2.05. The van der Waals surface area contributed by atoms with Crippen molar-refractivity contribution in [3.8, 4) is 0 Å². The average molecular weight is 251 g/mol. The molecule has 5 nitrogen and oxygen atoms in total. The lowest BCUT2D eigenvalue weighted by atomic mass is 10.2. The summed E-state index contributed by atoms with van der Waals surface area (Å²) in [7, 11) is 1.69. The van der Waals surface area contributed by atoms with Crippen LogP contribution in [0.5, 0.6) is 0 Å². The molecule has 0 aromatic rings. The molecular weight excluding hydrogens is 232 g/mol. The Morgan fingerprint density at radius 3 is 2.94 bits per heavy atom. The van der Waals surface area contributed by atoms with E-state index >= 15 is 0 Å². The summed E-state index contributed by atoms with van der Waals surface area (Å²) in [5.74, 6) is 0.0988. The van der Waals surface area contributed by atoms with Crippen molar-refractivity contribution in [3.05, 3.63) is 0 Å². The van der Waals surface area contributed by atoms with Crippen molar-refractivity contribution < 1.29 is 14.3 Å². The average Bonchev–Trinajstić information content (AvgIpc) is 2.78. The fourth-order valence-corrected chi connectivity index (χ4v) is 2.05. The van der Waals surface area contributed by atoms with Crippen LogP contribution >= 0.6 is 12.4 Å². The zero-order chi connectivity index (χ0) is 10.7. The molecule has 0 aromatic carbocycles. The van der Waals surface area contributed by atoms with E-state index in [4.69, 9.17) is 9.47 Å². The number of morpholine rings is 1. The number of nitrogens with one attached hydrogen (secondary N) is 1. The van der Waals surface area contributed by atoms with Crippen molar-refractivity contribution >= 4 is 18.3 Å². The molecule has 2 fully saturated rings. The van der Waals surface area contributed by atoms with Gasteiger partial charge in [0.2, 0.25) is 0 Å². The Morgan fingerprint density at radius 1 is 1.56 bits per heavy atom. The van der Waals surface area contributed by atoms with E-state index in [9.17, 15) is 4.79 Å². The monoisotopic (exact) mass is 250 g/mol. The van der Waals surface area contributed by atoms with Crippen molar-refractivity contribution in [2.24, 2.45) is 0 Å². The van der Waals surface area contributed by atoms with Crippen LogP contribution in [-0.2, 0) is 14.3 Å². The molecule has 0 spiro atoms. The van der Waals surface area contributed by atoms with Crippen molar-refractivity contribution in [3.63, 3.8) is 0 Å². The van der Waals surface area contributed by atoms with E-state index in [0.717, 1.165) is 19.5 Å². The standard InChI is InChI=1S/C10H18N2O3.ClH/c1-14-8-2-4-12(7-8)10(13)9-6-11-3-5-15-9;/h8-9,11H,2-7H2,1H3;1H/t8-,9-;/m1./s1. The first-order chi connectivity index (χ1) is 7.31. The van der Waals surface area contributed by atoms with Gasteiger partial charge >= 0.3 is 0 Å². The number of amides is 1. The van der Waals surface area contributed by atoms with Gasteiger partial charge in [0.25, 0.3) is 5.91 Å². The first-order valence-corrected chi connectivity index (χ1v) is 5.45. The molecule has 0 aromatic heterocycles. The molecule has 94 valence electrons. The minimum Gasteiger partial charge on any atom is -0.380 e. The third-order valence-corrected chi connectivity index (χ3v) is 2.99. The second kappa shape index (κ2) is 6.39. The number of halogens is 1. The van der Waals surface area contributed by atoms with Crippen LogP contribution in [0.4, 0.5) is 0 Å². The largest absolute Gasteiger partial charge is 0.380 e. The Hall–Kier alpha value is -0.360. The topological polar surface area (TPSA) is 50.8 Å². The fraction of sp³-hybridized carbons (Fsp3) is 0.900. The van der Waals surface area contributed by atoms with Gasteiger partial charge in [-0.25, -0.2) is 0 Å². The van der Waals surface area contributed by atoms with E-state index in [1.54, 1.807) is 7.11 Å². The van der Waals surface area contributed by atoms with Crippen LogP contribution in [0.2, 0.25) is 0 Å². The van der Waals surface area contributed by atoms with Crippen LogP contribution in [0, 0.1) is 0 Å². The molecule has 2 aliphatic rings. The number of hydrogen-bond donors (Lipinski definition) is 1. The van der Waals surface area contributed by atoms with Gasteiger partial charge in [0.05, 0.1) is 12.7 Å². The number of ether oxygens (including phenoxy) is 2. The maximum atomic E-state index is 12.0. The molecule has 1 N–H and O–H groups in total. The summed E-state index contributed by atoms with van der Waals surface area (Å²) in [6.07, 6.45) is 0.836. The lowest BCUT2D eigenvalue weighted by Gasteiger charge is -2.27. The van der Waals surface area contributed by atoms with Crippen LogP contribution in [0.25, 0.3) is 0 Å². The first kappa shape index (κ1) is 13.7. The number of likely N-dealkylation sites (tertiary alicyclic amines) is 1. The van der Waals surface area contributed by atoms with Gasteiger partial charge in [-0.1, -0.05) is 0 Å². The van der Waals surface area contributed by atoms with E-state index in [1.165, 1.54) is 0 Å². The molecule has 2 atom stereocenters. The Bertz CT molecular complexity index is 234. The SMILES string of the molecule is CO[C@@H]1CCN(C(=O)[C@H]2CNCCO2)C1.Cl. The zero-order valence-electron chi connectivity index (χ0n) is 9.48. The van der Waals surface area contributed by atoms with Gasteiger partial charge in [0.15, 0.2) is 0 Å². The highest BCUT2D eigenvalue weighted by Crippen LogP contribution is 2.14. The number of methoxy groups -OCH3 is 1. The maximum Gasteiger partial charge on any atom is 0.253 e. The predicted octanol–water partition coefficient (Wildman–Crippen LogP) is -0.356. The summed E-state index contributed by atoms with van der Waals surface area (Å²) in [6.45, 7) is 3.59. The van der Waals surface area contributed by atoms with Gasteiger partial charge in [-0.05, 0) is 6.42 Å². The molecular formula is C10H19ClN2O3. The molecule has 0 radical (unpaired) electrons. The highest BCUT2D eigenvalue weighted by atomic mass is 35.5. The molecule has 1 amide bonds. The molecule has 2 saturated heterocycles. The molecule has 6 heteroatoms. The minimum atomic E-state index is -0.297. The van der Waals surface area contributed by atoms with E-state index in [0.29, 0.717) is 19.7 Å². The Labute approximate surface area is 102 Å². The molecule has 2 heterocycles. The van der Waals surface area contributed by atoms with Crippen molar-refractivity contribution in [1.29, 1.82) is 0 Å². The van der Waals surface area contributed by atoms with E-state index in [2.05, 4.69) is 5.32 Å². The molecule has 16 heavy (non-hydrogen) atoms. The van der Waals surface area contributed by atoms with Crippen LogP contribution in [0.15, 0.2) is 0 Å². The van der Waals surface area contributed by atoms with Gasteiger partial charge in [-0.3, -0.25) is 4.79 Å². The van der Waals surface area contributed by atoms with Crippen LogP contribution in [-0.4, -0.2) is 62.9 Å². The summed E-state index contributed by atoms with van der Waals surface area (Å²) < 4.78 is 10.7.